The van der Waals surface area contributed by atoms with E-state index in [-0.39, 0.29) is 18.9 Å². The maximum atomic E-state index is 12.7. The van der Waals surface area contributed by atoms with E-state index in [9.17, 15) is 13.2 Å². The van der Waals surface area contributed by atoms with Crippen molar-refractivity contribution in [3.8, 4) is 5.88 Å². The number of nitrogens with two attached hydrogens (primary N) is 1. The van der Waals surface area contributed by atoms with E-state index >= 15 is 0 Å². The number of hydrogen-bond donors (Lipinski definition) is 1. The fraction of sp³-hybridized carbons (Fsp3) is 0.467. The summed E-state index contributed by atoms with van der Waals surface area (Å²) >= 11 is 0. The number of aromatic nitrogens is 2. The molecular weight excluding hydrogens is 295 g/mol. The summed E-state index contributed by atoms with van der Waals surface area (Å²) in [6.45, 7) is 0. The van der Waals surface area contributed by atoms with Crippen LogP contribution in [0.5, 0.6) is 5.88 Å². The molecule has 2 N–H and O–H groups in total. The molecule has 0 amide bonds. The van der Waals surface area contributed by atoms with Crippen molar-refractivity contribution in [2.45, 2.75) is 38.0 Å². The molecule has 0 aromatic carbocycles. The van der Waals surface area contributed by atoms with E-state index < -0.39 is 12.1 Å². The molecule has 0 radical (unpaired) electrons. The highest BCUT2D eigenvalue weighted by Crippen LogP contribution is 2.38. The summed E-state index contributed by atoms with van der Waals surface area (Å²) in [4.78, 5) is 8.35. The molecular formula is C15H16F3N3O. The number of hydrogen-bond acceptors (Lipinski definition) is 4. The van der Waals surface area contributed by atoms with Crippen molar-refractivity contribution >= 4 is 16.6 Å². The third-order valence-electron chi connectivity index (χ3n) is 4.01. The Bertz CT molecular complexity index is 667. The number of fused-ring (bicyclic) bond motifs is 1. The maximum absolute atomic E-state index is 12.7. The Kier molecular flexibility index (Phi) is 3.80. The molecule has 2 aromatic heterocycles. The van der Waals surface area contributed by atoms with E-state index in [0.717, 1.165) is 0 Å². The highest BCUT2D eigenvalue weighted by molar-refractivity contribution is 5.85. The largest absolute Gasteiger partial charge is 0.474 e. The number of alkyl halides is 3. The van der Waals surface area contributed by atoms with E-state index in [1.807, 2.05) is 0 Å². The molecule has 1 aliphatic rings. The molecule has 4 nitrogen and oxygen atoms in total. The quantitative estimate of drug-likeness (QED) is 0.918. The number of rotatable bonds is 2. The normalized spacial score (nSPS) is 22.7. The van der Waals surface area contributed by atoms with E-state index in [1.54, 1.807) is 24.5 Å². The number of anilines is 1. The Hall–Kier alpha value is -2.05. The summed E-state index contributed by atoms with van der Waals surface area (Å²) in [6, 6.07) is 3.45. The van der Waals surface area contributed by atoms with Crippen LogP contribution in [0.4, 0.5) is 18.9 Å². The van der Waals surface area contributed by atoms with Crippen molar-refractivity contribution in [3.63, 3.8) is 0 Å². The molecule has 0 aliphatic heterocycles. The number of nitrogens with zero attached hydrogens (tertiary/aromatic N) is 2. The molecule has 2 aromatic rings. The lowest BCUT2D eigenvalue weighted by molar-refractivity contribution is -0.185. The monoisotopic (exact) mass is 311 g/mol. The molecule has 0 atom stereocenters. The zero-order valence-corrected chi connectivity index (χ0v) is 11.8. The van der Waals surface area contributed by atoms with Crippen LogP contribution in [0, 0.1) is 5.92 Å². The van der Waals surface area contributed by atoms with Crippen LogP contribution in [-0.4, -0.2) is 22.2 Å². The lowest BCUT2D eigenvalue weighted by Gasteiger charge is -2.30. The van der Waals surface area contributed by atoms with Gasteiger partial charge in [-0.15, -0.1) is 0 Å². The summed E-state index contributed by atoms with van der Waals surface area (Å²) in [7, 11) is 0. The second-order valence-corrected chi connectivity index (χ2v) is 5.58. The molecule has 0 bridgehead atoms. The van der Waals surface area contributed by atoms with E-state index in [4.69, 9.17) is 10.5 Å². The standard InChI is InChI=1S/C15H16F3N3O/c16-15(17,18)9-1-3-11(4-2-9)22-14-12-7-10(19)8-21-13(12)5-6-20-14/h5-9,11H,1-4,19H2. The van der Waals surface area contributed by atoms with Crippen LogP contribution in [0.25, 0.3) is 10.9 Å². The van der Waals surface area contributed by atoms with E-state index in [2.05, 4.69) is 9.97 Å². The molecule has 1 fully saturated rings. The first-order chi connectivity index (χ1) is 10.4. The van der Waals surface area contributed by atoms with Crippen molar-refractivity contribution in [1.29, 1.82) is 0 Å². The van der Waals surface area contributed by atoms with Crippen LogP contribution in [0.2, 0.25) is 0 Å². The molecule has 0 saturated heterocycles. The van der Waals surface area contributed by atoms with Gasteiger partial charge in [-0.2, -0.15) is 13.2 Å². The van der Waals surface area contributed by atoms with Crippen LogP contribution in [0.15, 0.2) is 24.5 Å². The van der Waals surface area contributed by atoms with Gasteiger partial charge in [0.1, 0.15) is 6.10 Å². The zero-order chi connectivity index (χ0) is 15.7. The van der Waals surface area contributed by atoms with Gasteiger partial charge in [-0.05, 0) is 37.8 Å². The highest BCUT2D eigenvalue weighted by Gasteiger charge is 2.41. The number of ether oxygens (including phenoxy) is 1. The maximum Gasteiger partial charge on any atom is 0.391 e. The summed E-state index contributed by atoms with van der Waals surface area (Å²) in [5.41, 5.74) is 6.91. The third-order valence-corrected chi connectivity index (χ3v) is 4.01. The average Bonchev–Trinajstić information content (AvgIpc) is 2.47. The molecule has 0 spiro atoms. The van der Waals surface area contributed by atoms with Crippen LogP contribution < -0.4 is 10.5 Å². The van der Waals surface area contributed by atoms with Gasteiger partial charge in [0.2, 0.25) is 5.88 Å². The molecule has 1 aliphatic carbocycles. The minimum atomic E-state index is -4.11. The van der Waals surface area contributed by atoms with Gasteiger partial charge in [0.05, 0.1) is 28.7 Å². The Labute approximate surface area is 125 Å². The topological polar surface area (TPSA) is 61.0 Å². The molecule has 3 rings (SSSR count). The van der Waals surface area contributed by atoms with Crippen molar-refractivity contribution in [2.75, 3.05) is 5.73 Å². The molecule has 2 heterocycles. The van der Waals surface area contributed by atoms with Crippen LogP contribution in [-0.2, 0) is 0 Å². The SMILES string of the molecule is Nc1cnc2ccnc(OC3CCC(C(F)(F)F)CC3)c2c1. The first-order valence-corrected chi connectivity index (χ1v) is 7.17. The summed E-state index contributed by atoms with van der Waals surface area (Å²) < 4.78 is 43.8. The molecule has 0 unspecified atom stereocenters. The fourth-order valence-corrected chi connectivity index (χ4v) is 2.80. The van der Waals surface area contributed by atoms with Gasteiger partial charge in [0.15, 0.2) is 0 Å². The predicted molar refractivity (Wildman–Crippen MR) is 76.4 cm³/mol. The lowest BCUT2D eigenvalue weighted by atomic mass is 9.87. The third kappa shape index (κ3) is 3.08. The molecule has 22 heavy (non-hydrogen) atoms. The molecule has 118 valence electrons. The molecule has 1 saturated carbocycles. The smallest absolute Gasteiger partial charge is 0.391 e. The predicted octanol–water partition coefficient (Wildman–Crippen LogP) is 3.71. The van der Waals surface area contributed by atoms with Gasteiger partial charge >= 0.3 is 6.18 Å². The minimum Gasteiger partial charge on any atom is -0.474 e. The first-order valence-electron chi connectivity index (χ1n) is 7.17. The lowest BCUT2D eigenvalue weighted by Crippen LogP contribution is -2.32. The second-order valence-electron chi connectivity index (χ2n) is 5.58. The second kappa shape index (κ2) is 5.62. The Morgan fingerprint density at radius 2 is 1.86 bits per heavy atom. The van der Waals surface area contributed by atoms with Crippen molar-refractivity contribution < 1.29 is 17.9 Å². The zero-order valence-electron chi connectivity index (χ0n) is 11.8. The fourth-order valence-electron chi connectivity index (χ4n) is 2.80. The number of pyridine rings is 2. The van der Waals surface area contributed by atoms with Crippen LogP contribution in [0.3, 0.4) is 0 Å². The van der Waals surface area contributed by atoms with Gasteiger partial charge in [-0.3, -0.25) is 4.98 Å². The van der Waals surface area contributed by atoms with Gasteiger partial charge < -0.3 is 10.5 Å². The summed E-state index contributed by atoms with van der Waals surface area (Å²) in [6.07, 6.45) is -0.309. The Morgan fingerprint density at radius 1 is 1.14 bits per heavy atom. The highest BCUT2D eigenvalue weighted by atomic mass is 19.4. The number of nitrogen functional groups attached to an aromatic ring is 1. The first kappa shape index (κ1) is 14.9. The average molecular weight is 311 g/mol. The van der Waals surface area contributed by atoms with Crippen LogP contribution >= 0.6 is 0 Å². The summed E-state index contributed by atoms with van der Waals surface area (Å²) in [5.74, 6) is -0.835. The van der Waals surface area contributed by atoms with Crippen LogP contribution in [0.1, 0.15) is 25.7 Å². The Morgan fingerprint density at radius 3 is 2.55 bits per heavy atom. The minimum absolute atomic E-state index is 0.0965. The van der Waals surface area contributed by atoms with Gasteiger partial charge in [0.25, 0.3) is 0 Å². The number of halogens is 3. The van der Waals surface area contributed by atoms with Gasteiger partial charge in [-0.1, -0.05) is 0 Å². The van der Waals surface area contributed by atoms with Crippen molar-refractivity contribution in [3.05, 3.63) is 24.5 Å². The summed E-state index contributed by atoms with van der Waals surface area (Å²) in [5, 5.41) is 0.681. The van der Waals surface area contributed by atoms with Crippen molar-refractivity contribution in [1.82, 2.24) is 9.97 Å². The van der Waals surface area contributed by atoms with Gasteiger partial charge in [-0.25, -0.2) is 4.98 Å². The van der Waals surface area contributed by atoms with E-state index in [1.165, 1.54) is 0 Å². The van der Waals surface area contributed by atoms with Gasteiger partial charge in [0, 0.05) is 6.20 Å². The Balaban J connectivity index is 1.74. The van der Waals surface area contributed by atoms with Crippen molar-refractivity contribution in [2.24, 2.45) is 5.92 Å². The molecule has 7 heteroatoms. The van der Waals surface area contributed by atoms with E-state index in [0.29, 0.717) is 35.3 Å².